The summed E-state index contributed by atoms with van der Waals surface area (Å²) in [6, 6.07) is -0.568. The standard InChI is InChI=1S/C6H11NO2/c1-4(2)9-6(8)5(3)7/h5H,1,7H2,2-3H3/t5-/m0/s1. The molecule has 0 aromatic rings. The van der Waals surface area contributed by atoms with E-state index in [2.05, 4.69) is 11.3 Å². The van der Waals surface area contributed by atoms with Crippen molar-refractivity contribution < 1.29 is 9.53 Å². The highest BCUT2D eigenvalue weighted by atomic mass is 16.5. The van der Waals surface area contributed by atoms with Crippen LogP contribution in [0.15, 0.2) is 12.3 Å². The van der Waals surface area contributed by atoms with E-state index in [1.165, 1.54) is 0 Å². The molecule has 9 heavy (non-hydrogen) atoms. The summed E-state index contributed by atoms with van der Waals surface area (Å²) < 4.78 is 4.55. The SMILES string of the molecule is C=C(C)OC(=O)[C@H](C)N. The molecule has 0 bridgehead atoms. The first-order chi connectivity index (χ1) is 4.04. The Balaban J connectivity index is 3.64. The van der Waals surface area contributed by atoms with Crippen LogP contribution in [0.5, 0.6) is 0 Å². The van der Waals surface area contributed by atoms with Gasteiger partial charge in [0.05, 0.1) is 5.76 Å². The van der Waals surface area contributed by atoms with E-state index in [1.807, 2.05) is 0 Å². The van der Waals surface area contributed by atoms with Crippen molar-refractivity contribution in [3.8, 4) is 0 Å². The third-order valence-corrected chi connectivity index (χ3v) is 0.647. The monoisotopic (exact) mass is 129 g/mol. The summed E-state index contributed by atoms with van der Waals surface area (Å²) in [5, 5.41) is 0. The molecule has 0 aliphatic rings. The van der Waals surface area contributed by atoms with Crippen molar-refractivity contribution in [3.63, 3.8) is 0 Å². The van der Waals surface area contributed by atoms with E-state index in [1.54, 1.807) is 13.8 Å². The molecule has 2 N–H and O–H groups in total. The van der Waals surface area contributed by atoms with E-state index in [-0.39, 0.29) is 0 Å². The highest BCUT2D eigenvalue weighted by Gasteiger charge is 2.07. The normalized spacial score (nSPS) is 12.3. The van der Waals surface area contributed by atoms with Crippen LogP contribution < -0.4 is 5.73 Å². The molecule has 0 heterocycles. The summed E-state index contributed by atoms with van der Waals surface area (Å²) in [5.74, 6) is -0.0696. The van der Waals surface area contributed by atoms with Gasteiger partial charge in [-0.1, -0.05) is 6.58 Å². The predicted octanol–water partition coefficient (Wildman–Crippen LogP) is 0.410. The summed E-state index contributed by atoms with van der Waals surface area (Å²) in [6.07, 6.45) is 0. The van der Waals surface area contributed by atoms with Crippen LogP contribution in [0, 0.1) is 0 Å². The molecule has 52 valence electrons. The number of ether oxygens (including phenoxy) is 1. The molecule has 0 aromatic carbocycles. The molecule has 0 saturated heterocycles. The van der Waals surface area contributed by atoms with Crippen molar-refractivity contribution in [2.45, 2.75) is 19.9 Å². The van der Waals surface area contributed by atoms with Crippen LogP contribution in [0.4, 0.5) is 0 Å². The molecule has 0 fully saturated rings. The lowest BCUT2D eigenvalue weighted by Crippen LogP contribution is -2.28. The van der Waals surface area contributed by atoms with Crippen molar-refractivity contribution in [1.82, 2.24) is 0 Å². The van der Waals surface area contributed by atoms with Gasteiger partial charge in [0.25, 0.3) is 0 Å². The molecule has 0 spiro atoms. The highest BCUT2D eigenvalue weighted by Crippen LogP contribution is 1.92. The predicted molar refractivity (Wildman–Crippen MR) is 34.6 cm³/mol. The topological polar surface area (TPSA) is 52.3 Å². The molecule has 3 nitrogen and oxygen atoms in total. The Labute approximate surface area is 54.5 Å². The number of allylic oxidation sites excluding steroid dienone is 1. The minimum absolute atomic E-state index is 0.373. The van der Waals surface area contributed by atoms with E-state index in [4.69, 9.17) is 5.73 Å². The van der Waals surface area contributed by atoms with Gasteiger partial charge in [-0.25, -0.2) is 4.79 Å². The number of carbonyl (C=O) groups excluding carboxylic acids is 1. The molecule has 0 aromatic heterocycles. The Morgan fingerprint density at radius 3 is 2.33 bits per heavy atom. The Morgan fingerprint density at radius 2 is 2.22 bits per heavy atom. The Kier molecular flexibility index (Phi) is 2.95. The van der Waals surface area contributed by atoms with Crippen molar-refractivity contribution in [2.24, 2.45) is 5.73 Å². The molecule has 1 atom stereocenters. The molecule has 0 rings (SSSR count). The quantitative estimate of drug-likeness (QED) is 0.434. The number of esters is 1. The minimum Gasteiger partial charge on any atom is -0.431 e. The van der Waals surface area contributed by atoms with Crippen molar-refractivity contribution >= 4 is 5.97 Å². The fraction of sp³-hybridized carbons (Fsp3) is 0.500. The molecular formula is C6H11NO2. The van der Waals surface area contributed by atoms with Crippen LogP contribution in [0.2, 0.25) is 0 Å². The lowest BCUT2D eigenvalue weighted by molar-refractivity contribution is -0.140. The minimum atomic E-state index is -0.568. The average Bonchev–Trinajstić information content (AvgIpc) is 1.63. The van der Waals surface area contributed by atoms with Gasteiger partial charge < -0.3 is 10.5 Å². The smallest absolute Gasteiger partial charge is 0.327 e. The van der Waals surface area contributed by atoms with Gasteiger partial charge in [-0.15, -0.1) is 0 Å². The molecule has 0 amide bonds. The number of hydrogen-bond acceptors (Lipinski definition) is 3. The third kappa shape index (κ3) is 3.73. The summed E-state index contributed by atoms with van der Waals surface area (Å²) in [4.78, 5) is 10.5. The van der Waals surface area contributed by atoms with Gasteiger partial charge in [-0.2, -0.15) is 0 Å². The van der Waals surface area contributed by atoms with E-state index >= 15 is 0 Å². The zero-order valence-electron chi connectivity index (χ0n) is 5.68. The first-order valence-electron chi connectivity index (χ1n) is 2.67. The maximum Gasteiger partial charge on any atom is 0.327 e. The van der Waals surface area contributed by atoms with Crippen molar-refractivity contribution in [3.05, 3.63) is 12.3 Å². The number of hydrogen-bond donors (Lipinski definition) is 1. The van der Waals surface area contributed by atoms with E-state index < -0.39 is 12.0 Å². The molecule has 0 saturated carbocycles. The van der Waals surface area contributed by atoms with Crippen LogP contribution in [-0.2, 0) is 9.53 Å². The van der Waals surface area contributed by atoms with Crippen LogP contribution >= 0.6 is 0 Å². The van der Waals surface area contributed by atoms with Gasteiger partial charge in [0.2, 0.25) is 0 Å². The summed E-state index contributed by atoms with van der Waals surface area (Å²) >= 11 is 0. The van der Waals surface area contributed by atoms with Crippen molar-refractivity contribution in [2.75, 3.05) is 0 Å². The Morgan fingerprint density at radius 1 is 1.78 bits per heavy atom. The van der Waals surface area contributed by atoms with Gasteiger partial charge in [0.1, 0.15) is 6.04 Å². The largest absolute Gasteiger partial charge is 0.431 e. The third-order valence-electron chi connectivity index (χ3n) is 0.647. The molecule has 0 unspecified atom stereocenters. The molecule has 0 aliphatic carbocycles. The molecule has 3 heteroatoms. The second kappa shape index (κ2) is 3.25. The fourth-order valence-electron chi connectivity index (χ4n) is 0.265. The Hall–Kier alpha value is -0.830. The fourth-order valence-corrected chi connectivity index (χ4v) is 0.265. The van der Waals surface area contributed by atoms with Gasteiger partial charge in [0, 0.05) is 0 Å². The summed E-state index contributed by atoms with van der Waals surface area (Å²) in [6.45, 7) is 6.54. The van der Waals surface area contributed by atoms with Crippen molar-refractivity contribution in [1.29, 1.82) is 0 Å². The first kappa shape index (κ1) is 8.17. The van der Waals surface area contributed by atoms with Gasteiger partial charge in [-0.05, 0) is 13.8 Å². The molecular weight excluding hydrogens is 118 g/mol. The maximum atomic E-state index is 10.5. The van der Waals surface area contributed by atoms with Crippen LogP contribution in [0.25, 0.3) is 0 Å². The average molecular weight is 129 g/mol. The lowest BCUT2D eigenvalue weighted by Gasteiger charge is -2.03. The number of nitrogens with two attached hydrogens (primary N) is 1. The van der Waals surface area contributed by atoms with E-state index in [0.717, 1.165) is 0 Å². The summed E-state index contributed by atoms with van der Waals surface area (Å²) in [7, 11) is 0. The van der Waals surface area contributed by atoms with E-state index in [0.29, 0.717) is 5.76 Å². The van der Waals surface area contributed by atoms with Crippen LogP contribution in [-0.4, -0.2) is 12.0 Å². The van der Waals surface area contributed by atoms with Gasteiger partial charge in [0.15, 0.2) is 0 Å². The second-order valence-electron chi connectivity index (χ2n) is 1.91. The Bertz CT molecular complexity index is 129. The van der Waals surface area contributed by atoms with Gasteiger partial charge in [-0.3, -0.25) is 0 Å². The van der Waals surface area contributed by atoms with E-state index in [9.17, 15) is 4.79 Å². The first-order valence-corrected chi connectivity index (χ1v) is 2.67. The number of carbonyl (C=O) groups is 1. The van der Waals surface area contributed by atoms with Crippen LogP contribution in [0.3, 0.4) is 0 Å². The molecule has 0 aliphatic heterocycles. The molecule has 0 radical (unpaired) electrons. The zero-order valence-corrected chi connectivity index (χ0v) is 5.68. The maximum absolute atomic E-state index is 10.5. The second-order valence-corrected chi connectivity index (χ2v) is 1.91. The zero-order chi connectivity index (χ0) is 7.44. The van der Waals surface area contributed by atoms with Crippen LogP contribution in [0.1, 0.15) is 13.8 Å². The summed E-state index contributed by atoms with van der Waals surface area (Å²) in [5.41, 5.74) is 5.17. The lowest BCUT2D eigenvalue weighted by atomic mass is 10.4. The van der Waals surface area contributed by atoms with Gasteiger partial charge >= 0.3 is 5.97 Å². The highest BCUT2D eigenvalue weighted by molar-refractivity contribution is 5.75. The number of rotatable bonds is 2.